The van der Waals surface area contributed by atoms with E-state index in [0.717, 1.165) is 18.0 Å². The molecule has 0 aliphatic heterocycles. The van der Waals surface area contributed by atoms with Gasteiger partial charge in [0.15, 0.2) is 5.96 Å². The van der Waals surface area contributed by atoms with E-state index in [2.05, 4.69) is 35.9 Å². The van der Waals surface area contributed by atoms with E-state index in [-0.39, 0.29) is 24.0 Å². The van der Waals surface area contributed by atoms with Crippen molar-refractivity contribution in [3.8, 4) is 0 Å². The number of nitrogens with zero attached hydrogens (tertiary/aromatic N) is 2. The number of rotatable bonds is 6. The summed E-state index contributed by atoms with van der Waals surface area (Å²) in [5.41, 5.74) is 6.94. The van der Waals surface area contributed by atoms with Crippen molar-refractivity contribution in [2.45, 2.75) is 45.1 Å². The van der Waals surface area contributed by atoms with E-state index in [1.807, 2.05) is 6.92 Å². The zero-order chi connectivity index (χ0) is 14.3. The molecule has 0 saturated heterocycles. The Kier molecular flexibility index (Phi) is 10.3. The van der Waals surface area contributed by atoms with Gasteiger partial charge in [0, 0.05) is 12.6 Å². The van der Waals surface area contributed by atoms with Gasteiger partial charge in [-0.3, -0.25) is 4.99 Å². The van der Waals surface area contributed by atoms with Crippen molar-refractivity contribution in [2.24, 2.45) is 16.6 Å². The third kappa shape index (κ3) is 7.47. The molecule has 0 aromatic rings. The van der Waals surface area contributed by atoms with Gasteiger partial charge in [-0.25, -0.2) is 0 Å². The summed E-state index contributed by atoms with van der Waals surface area (Å²) >= 11 is 0. The molecule has 0 heterocycles. The minimum Gasteiger partial charge on any atom is -0.370 e. The maximum atomic E-state index is 5.88. The molecule has 0 aromatic carbocycles. The predicted molar refractivity (Wildman–Crippen MR) is 98.8 cm³/mol. The Morgan fingerprint density at radius 3 is 2.45 bits per heavy atom. The summed E-state index contributed by atoms with van der Waals surface area (Å²) in [4.78, 5) is 6.79. The number of halogens is 1. The molecule has 1 fully saturated rings. The summed E-state index contributed by atoms with van der Waals surface area (Å²) in [5.74, 6) is 1.30. The Bertz CT molecular complexity index is 309. The van der Waals surface area contributed by atoms with Gasteiger partial charge < -0.3 is 16.0 Å². The molecular formula is C15H31IN4. The lowest BCUT2D eigenvalue weighted by Gasteiger charge is -2.33. The van der Waals surface area contributed by atoms with Gasteiger partial charge in [0.1, 0.15) is 0 Å². The predicted octanol–water partition coefficient (Wildman–Crippen LogP) is 2.60. The monoisotopic (exact) mass is 394 g/mol. The van der Waals surface area contributed by atoms with Crippen molar-refractivity contribution < 1.29 is 0 Å². The van der Waals surface area contributed by atoms with E-state index < -0.39 is 0 Å². The van der Waals surface area contributed by atoms with Gasteiger partial charge in [-0.1, -0.05) is 31.4 Å². The summed E-state index contributed by atoms with van der Waals surface area (Å²) < 4.78 is 0. The lowest BCUT2D eigenvalue weighted by atomic mass is 9.83. The van der Waals surface area contributed by atoms with E-state index in [9.17, 15) is 0 Å². The minimum atomic E-state index is 0. The lowest BCUT2D eigenvalue weighted by molar-refractivity contribution is 0.176. The first-order valence-corrected chi connectivity index (χ1v) is 7.35. The lowest BCUT2D eigenvalue weighted by Crippen LogP contribution is -2.40. The van der Waals surface area contributed by atoms with Crippen LogP contribution in [0.25, 0.3) is 0 Å². The molecule has 0 aromatic heterocycles. The van der Waals surface area contributed by atoms with Crippen molar-refractivity contribution in [1.82, 2.24) is 10.2 Å². The Balaban J connectivity index is 0.00000361. The Labute approximate surface area is 141 Å². The van der Waals surface area contributed by atoms with Crippen LogP contribution in [0, 0.1) is 5.92 Å². The average molecular weight is 394 g/mol. The van der Waals surface area contributed by atoms with Gasteiger partial charge >= 0.3 is 0 Å². The molecule has 1 aliphatic rings. The smallest absolute Gasteiger partial charge is 0.188 e. The Hall–Kier alpha value is -0.300. The second-order valence-electron chi connectivity index (χ2n) is 5.97. The van der Waals surface area contributed by atoms with Gasteiger partial charge in [0.25, 0.3) is 0 Å². The molecule has 118 valence electrons. The quantitative estimate of drug-likeness (QED) is 0.315. The highest BCUT2D eigenvalue weighted by atomic mass is 127. The van der Waals surface area contributed by atoms with Crippen LogP contribution in [0.15, 0.2) is 17.1 Å². The molecule has 1 rings (SSSR count). The first kappa shape index (κ1) is 19.7. The fourth-order valence-corrected chi connectivity index (χ4v) is 2.74. The Morgan fingerprint density at radius 2 is 1.95 bits per heavy atom. The zero-order valence-electron chi connectivity index (χ0n) is 13.2. The number of aliphatic imine (C=N–C) groups is 1. The molecule has 4 nitrogen and oxygen atoms in total. The molecule has 3 N–H and O–H groups in total. The molecule has 5 heteroatoms. The highest BCUT2D eigenvalue weighted by Gasteiger charge is 2.24. The second kappa shape index (κ2) is 10.4. The third-order valence-electron chi connectivity index (χ3n) is 3.88. The maximum absolute atomic E-state index is 5.88. The number of likely N-dealkylation sites (N-methyl/N-ethyl adjacent to an activating group) is 1. The van der Waals surface area contributed by atoms with Crippen molar-refractivity contribution >= 4 is 29.9 Å². The second-order valence-corrected chi connectivity index (χ2v) is 5.97. The molecule has 1 atom stereocenters. The number of nitrogens with one attached hydrogen (secondary N) is 1. The summed E-state index contributed by atoms with van der Waals surface area (Å²) in [7, 11) is 4.29. The van der Waals surface area contributed by atoms with Crippen LogP contribution in [-0.2, 0) is 0 Å². The van der Waals surface area contributed by atoms with Crippen LogP contribution in [0.5, 0.6) is 0 Å². The zero-order valence-corrected chi connectivity index (χ0v) is 15.5. The number of hydrogen-bond donors (Lipinski definition) is 2. The molecule has 1 aliphatic carbocycles. The SMILES string of the molecule is C=C(C)CNC(N)=NCC(C1CCCCC1)N(C)C.I. The average Bonchev–Trinajstić information content (AvgIpc) is 2.37. The topological polar surface area (TPSA) is 53.6 Å². The summed E-state index contributed by atoms with van der Waals surface area (Å²) in [6.07, 6.45) is 6.78. The molecule has 0 amide bonds. The molecule has 20 heavy (non-hydrogen) atoms. The van der Waals surface area contributed by atoms with Crippen molar-refractivity contribution in [3.05, 3.63) is 12.2 Å². The van der Waals surface area contributed by atoms with Gasteiger partial charge in [0.2, 0.25) is 0 Å². The summed E-state index contributed by atoms with van der Waals surface area (Å²) in [6, 6.07) is 0.505. The van der Waals surface area contributed by atoms with Crippen LogP contribution in [0.1, 0.15) is 39.0 Å². The molecule has 1 saturated carbocycles. The Morgan fingerprint density at radius 1 is 1.35 bits per heavy atom. The van der Waals surface area contributed by atoms with Gasteiger partial charge in [-0.15, -0.1) is 24.0 Å². The molecule has 0 bridgehead atoms. The minimum absolute atomic E-state index is 0. The van der Waals surface area contributed by atoms with Crippen molar-refractivity contribution in [3.63, 3.8) is 0 Å². The third-order valence-corrected chi connectivity index (χ3v) is 3.88. The summed E-state index contributed by atoms with van der Waals surface area (Å²) in [5, 5.41) is 3.09. The number of guanidine groups is 1. The number of hydrogen-bond acceptors (Lipinski definition) is 2. The summed E-state index contributed by atoms with van der Waals surface area (Å²) in [6.45, 7) is 7.30. The van der Waals surface area contributed by atoms with E-state index in [1.54, 1.807) is 0 Å². The van der Waals surface area contributed by atoms with E-state index in [1.165, 1.54) is 32.1 Å². The fourth-order valence-electron chi connectivity index (χ4n) is 2.74. The standard InChI is InChI=1S/C15H30N4.HI/c1-12(2)10-17-15(16)18-11-14(19(3)4)13-8-6-5-7-9-13;/h13-14H,1,5-11H2,2-4H3,(H3,16,17,18);1H. The van der Waals surface area contributed by atoms with E-state index >= 15 is 0 Å². The highest BCUT2D eigenvalue weighted by Crippen LogP contribution is 2.28. The molecule has 1 unspecified atom stereocenters. The van der Waals surface area contributed by atoms with Crippen LogP contribution >= 0.6 is 24.0 Å². The van der Waals surface area contributed by atoms with Crippen LogP contribution in [0.2, 0.25) is 0 Å². The van der Waals surface area contributed by atoms with Crippen molar-refractivity contribution in [1.29, 1.82) is 0 Å². The molecule has 0 radical (unpaired) electrons. The van der Waals surface area contributed by atoms with Crippen LogP contribution < -0.4 is 11.1 Å². The van der Waals surface area contributed by atoms with Crippen LogP contribution in [0.3, 0.4) is 0 Å². The van der Waals surface area contributed by atoms with Gasteiger partial charge in [-0.05, 0) is 39.8 Å². The van der Waals surface area contributed by atoms with Gasteiger partial charge in [0.05, 0.1) is 6.54 Å². The van der Waals surface area contributed by atoms with E-state index in [0.29, 0.717) is 18.5 Å². The highest BCUT2D eigenvalue weighted by molar-refractivity contribution is 14.0. The molecule has 0 spiro atoms. The van der Waals surface area contributed by atoms with Crippen LogP contribution in [0.4, 0.5) is 0 Å². The maximum Gasteiger partial charge on any atom is 0.188 e. The number of nitrogens with two attached hydrogens (primary N) is 1. The van der Waals surface area contributed by atoms with E-state index in [4.69, 9.17) is 5.73 Å². The van der Waals surface area contributed by atoms with Gasteiger partial charge in [-0.2, -0.15) is 0 Å². The molecular weight excluding hydrogens is 363 g/mol. The van der Waals surface area contributed by atoms with Crippen LogP contribution in [-0.4, -0.2) is 44.1 Å². The normalized spacial score (nSPS) is 18.5. The fraction of sp³-hybridized carbons (Fsp3) is 0.800. The van der Waals surface area contributed by atoms with Crippen molar-refractivity contribution in [2.75, 3.05) is 27.2 Å². The largest absolute Gasteiger partial charge is 0.370 e. The first-order valence-electron chi connectivity index (χ1n) is 7.35. The first-order chi connectivity index (χ1) is 9.00.